The topological polar surface area (TPSA) is 9.86 Å². The van der Waals surface area contributed by atoms with Gasteiger partial charge >= 0.3 is 0 Å². The first-order valence-corrected chi connectivity index (χ1v) is 20.0. The van der Waals surface area contributed by atoms with Crippen LogP contribution in [0, 0.1) is 0 Å². The molecule has 0 aliphatic heterocycles. The number of fused-ring (bicyclic) bond motifs is 4. The molecular formula is C50H38N2S. The molecule has 2 nitrogen and oxygen atoms in total. The Hall–Kier alpha value is -6.29. The van der Waals surface area contributed by atoms with Gasteiger partial charge in [0, 0.05) is 47.6 Å². The van der Waals surface area contributed by atoms with Crippen LogP contribution in [0.25, 0.3) is 55.0 Å². The fourth-order valence-corrected chi connectivity index (χ4v) is 12.0. The van der Waals surface area contributed by atoms with Crippen molar-refractivity contribution in [3.63, 3.8) is 0 Å². The number of aryl methyl sites for hydroxylation is 2. The van der Waals surface area contributed by atoms with Crippen LogP contribution in [0.5, 0.6) is 0 Å². The van der Waals surface area contributed by atoms with Crippen molar-refractivity contribution in [2.75, 3.05) is 0 Å². The third kappa shape index (κ3) is 4.81. The molecule has 2 heterocycles. The second-order valence-corrected chi connectivity index (χ2v) is 16.7. The SMILES string of the molecule is C=C/C=C\C=C/S(c1ccccc1)(c1ccccc1)c1ccc(-n2c3cccc4c3c3c(cc5c6ccccc6n(-c6ccccc6)c5c32)CC4)cc1. The van der Waals surface area contributed by atoms with Crippen LogP contribution in [0.2, 0.25) is 0 Å². The molecule has 1 aliphatic rings. The van der Waals surface area contributed by atoms with Crippen molar-refractivity contribution < 1.29 is 0 Å². The van der Waals surface area contributed by atoms with E-state index in [-0.39, 0.29) is 0 Å². The Labute approximate surface area is 311 Å². The average molecular weight is 699 g/mol. The zero-order chi connectivity index (χ0) is 35.4. The fraction of sp³-hybridized carbons (Fsp3) is 0.0400. The Bertz CT molecular complexity index is 2840. The summed E-state index contributed by atoms with van der Waals surface area (Å²) in [6.07, 6.45) is 10.2. The van der Waals surface area contributed by atoms with Gasteiger partial charge in [-0.2, -0.15) is 0 Å². The lowest BCUT2D eigenvalue weighted by atomic mass is 9.90. The van der Waals surface area contributed by atoms with E-state index in [1.54, 1.807) is 0 Å². The highest BCUT2D eigenvalue weighted by atomic mass is 32.3. The smallest absolute Gasteiger partial charge is 0.0791 e. The standard InChI is InChI=1S/C50H38N2S/c1-2-3-4-16-34-53(40-21-10-6-11-22-40,41-23-12-7-13-24-41)42-32-30-39(31-33-42)52-46-27-17-18-36-28-29-37-35-44-43-25-14-15-26-45(43)51(38-19-8-5-9-20-38)49(44)50(52)48(37)47(36)46/h2-27,30-35H,1,28-29H2/b4-3-,34-16-. The highest BCUT2D eigenvalue weighted by Crippen LogP contribution is 2.69. The molecule has 9 aromatic rings. The number of aromatic nitrogens is 2. The largest absolute Gasteiger partial charge is 0.307 e. The maximum atomic E-state index is 3.90. The molecule has 0 bridgehead atoms. The molecule has 53 heavy (non-hydrogen) atoms. The molecule has 10 rings (SSSR count). The highest BCUT2D eigenvalue weighted by Gasteiger charge is 2.30. The molecule has 0 N–H and O–H groups in total. The number of nitrogens with zero attached hydrogens (tertiary/aromatic N) is 2. The van der Waals surface area contributed by atoms with Gasteiger partial charge in [-0.15, -0.1) is 10.0 Å². The van der Waals surface area contributed by atoms with Crippen LogP contribution in [-0.4, -0.2) is 9.13 Å². The Morgan fingerprint density at radius 1 is 0.453 bits per heavy atom. The number of rotatable bonds is 8. The van der Waals surface area contributed by atoms with Gasteiger partial charge in [0.2, 0.25) is 0 Å². The minimum absolute atomic E-state index is 1.04. The van der Waals surface area contributed by atoms with Crippen LogP contribution >= 0.6 is 10.0 Å². The monoisotopic (exact) mass is 698 g/mol. The van der Waals surface area contributed by atoms with Crippen molar-refractivity contribution in [2.24, 2.45) is 0 Å². The summed E-state index contributed by atoms with van der Waals surface area (Å²) in [5.41, 5.74) is 10.3. The summed E-state index contributed by atoms with van der Waals surface area (Å²) in [5, 5.41) is 7.80. The first-order valence-electron chi connectivity index (χ1n) is 18.3. The Balaban J connectivity index is 1.29. The third-order valence-electron chi connectivity index (χ3n) is 10.9. The highest BCUT2D eigenvalue weighted by molar-refractivity contribution is 8.36. The molecule has 7 aromatic carbocycles. The molecule has 0 spiro atoms. The predicted octanol–water partition coefficient (Wildman–Crippen LogP) is 13.5. The van der Waals surface area contributed by atoms with Crippen LogP contribution in [0.15, 0.2) is 215 Å². The van der Waals surface area contributed by atoms with Gasteiger partial charge in [-0.05, 0) is 108 Å². The lowest BCUT2D eigenvalue weighted by Crippen LogP contribution is -2.02. The van der Waals surface area contributed by atoms with E-state index in [1.807, 2.05) is 12.2 Å². The first kappa shape index (κ1) is 31.4. The summed E-state index contributed by atoms with van der Waals surface area (Å²) in [6, 6.07) is 60.6. The molecule has 0 amide bonds. The lowest BCUT2D eigenvalue weighted by Gasteiger charge is -2.38. The zero-order valence-corrected chi connectivity index (χ0v) is 30.2. The maximum Gasteiger partial charge on any atom is 0.0791 e. The van der Waals surface area contributed by atoms with Crippen molar-refractivity contribution in [3.05, 3.63) is 211 Å². The summed E-state index contributed by atoms with van der Waals surface area (Å²) in [6.45, 7) is 3.90. The summed E-state index contributed by atoms with van der Waals surface area (Å²) in [7, 11) is -1.76. The second kappa shape index (κ2) is 12.7. The van der Waals surface area contributed by atoms with Crippen LogP contribution in [0.3, 0.4) is 0 Å². The molecular weight excluding hydrogens is 661 g/mol. The normalized spacial score (nSPS) is 13.4. The van der Waals surface area contributed by atoms with Gasteiger partial charge in [-0.3, -0.25) is 0 Å². The van der Waals surface area contributed by atoms with Gasteiger partial charge in [-0.1, -0.05) is 116 Å². The van der Waals surface area contributed by atoms with E-state index in [0.29, 0.717) is 0 Å². The second-order valence-electron chi connectivity index (χ2n) is 13.7. The summed E-state index contributed by atoms with van der Waals surface area (Å²) >= 11 is 0. The fourth-order valence-electron chi connectivity index (χ4n) is 8.66. The number of para-hydroxylation sites is 2. The number of benzene rings is 7. The minimum atomic E-state index is -1.76. The number of hydrogen-bond donors (Lipinski definition) is 0. The van der Waals surface area contributed by atoms with Crippen LogP contribution in [0.4, 0.5) is 0 Å². The molecule has 1 aliphatic carbocycles. The van der Waals surface area contributed by atoms with Crippen LogP contribution in [0.1, 0.15) is 11.1 Å². The van der Waals surface area contributed by atoms with E-state index in [1.165, 1.54) is 80.8 Å². The van der Waals surface area contributed by atoms with Gasteiger partial charge in [0.1, 0.15) is 0 Å². The van der Waals surface area contributed by atoms with Crippen molar-refractivity contribution in [1.82, 2.24) is 9.13 Å². The molecule has 0 fully saturated rings. The Kier molecular flexibility index (Phi) is 7.56. The Morgan fingerprint density at radius 3 is 1.75 bits per heavy atom. The van der Waals surface area contributed by atoms with E-state index in [4.69, 9.17) is 0 Å². The molecule has 0 radical (unpaired) electrons. The van der Waals surface area contributed by atoms with Crippen molar-refractivity contribution in [1.29, 1.82) is 0 Å². The molecule has 0 unspecified atom stereocenters. The predicted molar refractivity (Wildman–Crippen MR) is 226 cm³/mol. The first-order chi connectivity index (χ1) is 26.3. The van der Waals surface area contributed by atoms with Gasteiger partial charge in [-0.25, -0.2) is 0 Å². The number of allylic oxidation sites excluding steroid dienone is 4. The molecule has 2 aromatic heterocycles. The molecule has 0 saturated heterocycles. The van der Waals surface area contributed by atoms with E-state index in [0.717, 1.165) is 12.8 Å². The zero-order valence-electron chi connectivity index (χ0n) is 29.4. The van der Waals surface area contributed by atoms with Crippen LogP contribution in [-0.2, 0) is 12.8 Å². The summed E-state index contributed by atoms with van der Waals surface area (Å²) in [4.78, 5) is 3.89. The maximum absolute atomic E-state index is 3.90. The molecule has 3 heteroatoms. The minimum Gasteiger partial charge on any atom is -0.307 e. The van der Waals surface area contributed by atoms with Crippen LogP contribution < -0.4 is 0 Å². The molecule has 0 atom stereocenters. The third-order valence-corrected chi connectivity index (χ3v) is 14.5. The lowest BCUT2D eigenvalue weighted by molar-refractivity contribution is 0.971. The molecule has 0 saturated carbocycles. The quantitative estimate of drug-likeness (QED) is 0.140. The van der Waals surface area contributed by atoms with Gasteiger partial charge < -0.3 is 9.13 Å². The number of hydrogen-bond acceptors (Lipinski definition) is 0. The van der Waals surface area contributed by atoms with Crippen molar-refractivity contribution >= 4 is 53.6 Å². The summed E-state index contributed by atoms with van der Waals surface area (Å²) in [5.74, 6) is 0. The van der Waals surface area contributed by atoms with E-state index in [2.05, 4.69) is 197 Å². The van der Waals surface area contributed by atoms with Crippen molar-refractivity contribution in [2.45, 2.75) is 27.5 Å². The van der Waals surface area contributed by atoms with Gasteiger partial charge in [0.15, 0.2) is 0 Å². The average Bonchev–Trinajstić information content (AvgIpc) is 3.75. The van der Waals surface area contributed by atoms with E-state index in [9.17, 15) is 0 Å². The van der Waals surface area contributed by atoms with Gasteiger partial charge in [0.05, 0.1) is 22.1 Å². The summed E-state index contributed by atoms with van der Waals surface area (Å²) < 4.78 is 5.04. The van der Waals surface area contributed by atoms with E-state index >= 15 is 0 Å². The van der Waals surface area contributed by atoms with Crippen molar-refractivity contribution in [3.8, 4) is 11.4 Å². The van der Waals surface area contributed by atoms with Gasteiger partial charge in [0.25, 0.3) is 0 Å². The molecule has 254 valence electrons. The van der Waals surface area contributed by atoms with E-state index < -0.39 is 10.0 Å². The Morgan fingerprint density at radius 2 is 1.04 bits per heavy atom.